The summed E-state index contributed by atoms with van der Waals surface area (Å²) in [6, 6.07) is 7.59. The quantitative estimate of drug-likeness (QED) is 0.753. The second-order valence-corrected chi connectivity index (χ2v) is 3.78. The smallest absolute Gasteiger partial charge is 0.251 e. The van der Waals surface area contributed by atoms with E-state index in [9.17, 15) is 4.79 Å². The predicted octanol–water partition coefficient (Wildman–Crippen LogP) is 1.55. The van der Waals surface area contributed by atoms with Crippen LogP contribution < -0.4 is 10.6 Å². The third-order valence-corrected chi connectivity index (χ3v) is 2.61. The SMILES string of the molecule is C#CC(CC)NCc1ccc(C(=O)NC)cc1. The molecule has 3 heteroatoms. The Hall–Kier alpha value is -1.79. The molecule has 17 heavy (non-hydrogen) atoms. The van der Waals surface area contributed by atoms with Crippen LogP contribution in [-0.2, 0) is 6.54 Å². The molecule has 1 aromatic carbocycles. The minimum atomic E-state index is -0.0698. The van der Waals surface area contributed by atoms with Crippen LogP contribution in [0, 0.1) is 12.3 Å². The van der Waals surface area contributed by atoms with Gasteiger partial charge in [-0.05, 0) is 24.1 Å². The normalized spacial score (nSPS) is 11.6. The highest BCUT2D eigenvalue weighted by molar-refractivity contribution is 5.93. The van der Waals surface area contributed by atoms with Crippen LogP contribution in [0.3, 0.4) is 0 Å². The molecule has 2 N–H and O–H groups in total. The highest BCUT2D eigenvalue weighted by Gasteiger charge is 2.03. The number of amides is 1. The lowest BCUT2D eigenvalue weighted by atomic mass is 10.1. The van der Waals surface area contributed by atoms with Crippen LogP contribution >= 0.6 is 0 Å². The van der Waals surface area contributed by atoms with Crippen LogP contribution in [0.1, 0.15) is 29.3 Å². The Morgan fingerprint density at radius 2 is 2.06 bits per heavy atom. The Bertz CT molecular complexity index is 403. The van der Waals surface area contributed by atoms with Gasteiger partial charge in [-0.1, -0.05) is 25.0 Å². The highest BCUT2D eigenvalue weighted by Crippen LogP contribution is 2.04. The molecule has 0 aromatic heterocycles. The average Bonchev–Trinajstić information content (AvgIpc) is 2.39. The lowest BCUT2D eigenvalue weighted by Gasteiger charge is -2.10. The van der Waals surface area contributed by atoms with Crippen LogP contribution in [0.15, 0.2) is 24.3 Å². The number of hydrogen-bond acceptors (Lipinski definition) is 2. The molecule has 0 aliphatic heterocycles. The second kappa shape index (κ2) is 6.72. The minimum Gasteiger partial charge on any atom is -0.355 e. The zero-order chi connectivity index (χ0) is 12.7. The number of terminal acetylenes is 1. The van der Waals surface area contributed by atoms with Crippen LogP contribution in [0.2, 0.25) is 0 Å². The molecular formula is C14H18N2O. The van der Waals surface area contributed by atoms with Crippen molar-refractivity contribution in [2.45, 2.75) is 25.9 Å². The van der Waals surface area contributed by atoms with Crippen LogP contribution in [0.25, 0.3) is 0 Å². The van der Waals surface area contributed by atoms with Crippen molar-refractivity contribution in [1.29, 1.82) is 0 Å². The Kier molecular flexibility index (Phi) is 5.25. The maximum atomic E-state index is 11.3. The summed E-state index contributed by atoms with van der Waals surface area (Å²) in [4.78, 5) is 11.3. The van der Waals surface area contributed by atoms with Crippen molar-refractivity contribution in [3.8, 4) is 12.3 Å². The van der Waals surface area contributed by atoms with Crippen LogP contribution in [0.5, 0.6) is 0 Å². The molecule has 0 fully saturated rings. The van der Waals surface area contributed by atoms with Gasteiger partial charge in [-0.15, -0.1) is 6.42 Å². The fourth-order valence-electron chi connectivity index (χ4n) is 1.48. The van der Waals surface area contributed by atoms with Gasteiger partial charge in [0.05, 0.1) is 6.04 Å². The number of carbonyl (C=O) groups is 1. The fourth-order valence-corrected chi connectivity index (χ4v) is 1.48. The second-order valence-electron chi connectivity index (χ2n) is 3.78. The van der Waals surface area contributed by atoms with Crippen molar-refractivity contribution in [3.05, 3.63) is 35.4 Å². The summed E-state index contributed by atoms with van der Waals surface area (Å²) in [5, 5.41) is 5.85. The van der Waals surface area contributed by atoms with E-state index in [0.29, 0.717) is 5.56 Å². The van der Waals surface area contributed by atoms with E-state index in [0.717, 1.165) is 18.5 Å². The molecule has 0 bridgehead atoms. The van der Waals surface area contributed by atoms with Gasteiger partial charge in [0.1, 0.15) is 0 Å². The summed E-state index contributed by atoms with van der Waals surface area (Å²) in [7, 11) is 1.62. The molecule has 0 saturated carbocycles. The molecule has 0 saturated heterocycles. The Balaban J connectivity index is 2.57. The summed E-state index contributed by atoms with van der Waals surface area (Å²) >= 11 is 0. The molecule has 0 aliphatic rings. The molecule has 1 atom stereocenters. The molecule has 0 heterocycles. The Morgan fingerprint density at radius 3 is 2.53 bits per heavy atom. The first-order chi connectivity index (χ1) is 8.21. The number of benzene rings is 1. The van der Waals surface area contributed by atoms with Gasteiger partial charge >= 0.3 is 0 Å². The van der Waals surface area contributed by atoms with Gasteiger partial charge in [0.2, 0.25) is 0 Å². The van der Waals surface area contributed by atoms with E-state index in [2.05, 4.69) is 16.6 Å². The van der Waals surface area contributed by atoms with E-state index < -0.39 is 0 Å². The van der Waals surface area contributed by atoms with Gasteiger partial charge in [-0.25, -0.2) is 0 Å². The van der Waals surface area contributed by atoms with E-state index in [1.165, 1.54) is 0 Å². The van der Waals surface area contributed by atoms with E-state index in [-0.39, 0.29) is 11.9 Å². The van der Waals surface area contributed by atoms with E-state index in [4.69, 9.17) is 6.42 Å². The Morgan fingerprint density at radius 1 is 1.41 bits per heavy atom. The third-order valence-electron chi connectivity index (χ3n) is 2.61. The zero-order valence-electron chi connectivity index (χ0n) is 10.3. The van der Waals surface area contributed by atoms with E-state index >= 15 is 0 Å². The molecule has 0 spiro atoms. The lowest BCUT2D eigenvalue weighted by molar-refractivity contribution is 0.0963. The van der Waals surface area contributed by atoms with Crippen LogP contribution in [0.4, 0.5) is 0 Å². The maximum absolute atomic E-state index is 11.3. The standard InChI is InChI=1S/C14H18N2O/c1-4-13(5-2)16-10-11-6-8-12(9-7-11)14(17)15-3/h1,6-9,13,16H,5,10H2,2-3H3,(H,15,17). The average molecular weight is 230 g/mol. The molecule has 0 radical (unpaired) electrons. The number of rotatable bonds is 5. The van der Waals surface area contributed by atoms with E-state index in [1.54, 1.807) is 7.05 Å². The molecule has 3 nitrogen and oxygen atoms in total. The summed E-state index contributed by atoms with van der Waals surface area (Å²) in [6.45, 7) is 2.77. The van der Waals surface area contributed by atoms with Crippen molar-refractivity contribution in [3.63, 3.8) is 0 Å². The van der Waals surface area contributed by atoms with Gasteiger partial charge in [0.15, 0.2) is 0 Å². The fraction of sp³-hybridized carbons (Fsp3) is 0.357. The summed E-state index contributed by atoms with van der Waals surface area (Å²) in [6.07, 6.45) is 6.27. The minimum absolute atomic E-state index is 0.0698. The van der Waals surface area contributed by atoms with Crippen molar-refractivity contribution in [2.75, 3.05) is 7.05 Å². The summed E-state index contributed by atoms with van der Waals surface area (Å²) in [5.41, 5.74) is 1.78. The lowest BCUT2D eigenvalue weighted by Crippen LogP contribution is -2.26. The van der Waals surface area contributed by atoms with E-state index in [1.807, 2.05) is 31.2 Å². The number of hydrogen-bond donors (Lipinski definition) is 2. The van der Waals surface area contributed by atoms with Crippen molar-refractivity contribution >= 4 is 5.91 Å². The maximum Gasteiger partial charge on any atom is 0.251 e. The first kappa shape index (κ1) is 13.3. The summed E-state index contributed by atoms with van der Waals surface area (Å²) in [5.74, 6) is 2.62. The number of nitrogens with one attached hydrogen (secondary N) is 2. The monoisotopic (exact) mass is 230 g/mol. The molecular weight excluding hydrogens is 212 g/mol. The molecule has 1 unspecified atom stereocenters. The number of carbonyl (C=O) groups excluding carboxylic acids is 1. The molecule has 1 aromatic rings. The predicted molar refractivity (Wildman–Crippen MR) is 69.6 cm³/mol. The molecule has 90 valence electrons. The summed E-state index contributed by atoms with van der Waals surface area (Å²) < 4.78 is 0. The topological polar surface area (TPSA) is 41.1 Å². The first-order valence-electron chi connectivity index (χ1n) is 5.71. The van der Waals surface area contributed by atoms with Crippen molar-refractivity contribution in [1.82, 2.24) is 10.6 Å². The third kappa shape index (κ3) is 3.93. The van der Waals surface area contributed by atoms with Crippen LogP contribution in [-0.4, -0.2) is 19.0 Å². The zero-order valence-corrected chi connectivity index (χ0v) is 10.3. The van der Waals surface area contributed by atoms with Gasteiger partial charge in [-0.2, -0.15) is 0 Å². The van der Waals surface area contributed by atoms with Gasteiger partial charge < -0.3 is 5.32 Å². The first-order valence-corrected chi connectivity index (χ1v) is 5.71. The van der Waals surface area contributed by atoms with Crippen molar-refractivity contribution in [2.24, 2.45) is 0 Å². The van der Waals surface area contributed by atoms with Gasteiger partial charge in [-0.3, -0.25) is 10.1 Å². The van der Waals surface area contributed by atoms with Crippen molar-refractivity contribution < 1.29 is 4.79 Å². The highest BCUT2D eigenvalue weighted by atomic mass is 16.1. The van der Waals surface area contributed by atoms with Gasteiger partial charge in [0, 0.05) is 19.2 Å². The molecule has 1 rings (SSSR count). The van der Waals surface area contributed by atoms with Gasteiger partial charge in [0.25, 0.3) is 5.91 Å². The Labute approximate surface area is 103 Å². The largest absolute Gasteiger partial charge is 0.355 e. The molecule has 0 aliphatic carbocycles. The molecule has 1 amide bonds.